The minimum absolute atomic E-state index is 0. The molecule has 0 fully saturated rings. The van der Waals surface area contributed by atoms with Gasteiger partial charge in [0.15, 0.2) is 34.1 Å². The number of fused-ring (bicyclic) bond motifs is 3. The van der Waals surface area contributed by atoms with Crippen LogP contribution in [-0.4, -0.2) is 47.6 Å². The van der Waals surface area contributed by atoms with Crippen molar-refractivity contribution >= 4 is 50.6 Å². The zero-order valence-electron chi connectivity index (χ0n) is 63.6. The molecule has 15 heteroatoms. The van der Waals surface area contributed by atoms with Crippen molar-refractivity contribution in [2.45, 2.75) is 83.1 Å². The fourth-order valence-corrected chi connectivity index (χ4v) is 12.3. The van der Waals surface area contributed by atoms with Crippen molar-refractivity contribution < 1.29 is 103 Å². The standard InChI is InChI=1S/C28H22NO.C27H20NO.C26H18NO.3C5H8O2.3Ir/c1-18-14-19(2)28(20(3)15-18)27-17-25-26(30-27)13-12-24(29-25)23-11-7-10-22(16-23)21-8-5-4-6-9-21;1-18-8-6-9-19(2)27(18)26-17-24-25(29-26)15-14-23(28-24)22-13-7-12-21(16-22)20-10-4-3-5-11-20;1-18-10-12-20(13-11-18)26-17-24-25(28-26)15-14-23(27-24)22-9-5-8-21(16-22)19-6-3-2-4-7-19;3*1-4(6)3-5(2)7;;;/h4-10,12-17H,1-3H3;3-12,14-17H,1-2H3;2-8,10-17H,1H3;3*3,6H,1-2H3;;;/q3*-1;;;;;;. The Kier molecular flexibility index (Phi) is 32.4. The van der Waals surface area contributed by atoms with Crippen LogP contribution in [0.2, 0.25) is 0 Å². The Morgan fingerprint density at radius 2 is 0.613 bits per heavy atom. The van der Waals surface area contributed by atoms with Gasteiger partial charge in [0.2, 0.25) is 0 Å². The van der Waals surface area contributed by atoms with Crippen LogP contribution in [0.15, 0.2) is 304 Å². The van der Waals surface area contributed by atoms with E-state index in [1.807, 2.05) is 103 Å². The summed E-state index contributed by atoms with van der Waals surface area (Å²) in [5.41, 5.74) is 28.3. The molecule has 0 unspecified atom stereocenters. The van der Waals surface area contributed by atoms with Crippen LogP contribution in [0.5, 0.6) is 0 Å². The number of nitrogens with zero attached hydrogens (tertiary/aromatic N) is 3. The number of aryl methyl sites for hydroxylation is 6. The van der Waals surface area contributed by atoms with Gasteiger partial charge in [-0.15, -0.1) is 106 Å². The largest absolute Gasteiger partial charge is 0.512 e. The van der Waals surface area contributed by atoms with E-state index in [2.05, 4.69) is 211 Å². The second-order valence-electron chi connectivity index (χ2n) is 26.2. The van der Waals surface area contributed by atoms with Crippen LogP contribution in [0, 0.1) is 59.7 Å². The Labute approximate surface area is 689 Å². The van der Waals surface area contributed by atoms with Gasteiger partial charge < -0.3 is 28.6 Å². The van der Waals surface area contributed by atoms with Crippen LogP contribution in [0.4, 0.5) is 0 Å². The summed E-state index contributed by atoms with van der Waals surface area (Å²) < 4.78 is 18.3. The normalized spacial score (nSPS) is 10.9. The summed E-state index contributed by atoms with van der Waals surface area (Å²) in [7, 11) is 0. The van der Waals surface area contributed by atoms with Gasteiger partial charge in [-0.05, 0) is 157 Å². The Balaban J connectivity index is 0.000000202. The summed E-state index contributed by atoms with van der Waals surface area (Å²) in [6.45, 7) is 21.2. The molecule has 9 aromatic carbocycles. The summed E-state index contributed by atoms with van der Waals surface area (Å²) in [4.78, 5) is 44.6. The average molecular weight is 2000 g/mol. The maximum absolute atomic E-state index is 10.0. The SMILES string of the molecule is CC(=O)C=C(C)O.CC(=O)C=C(C)O.CC(=O)C=C(C)O.Cc1cc(C)c(-c2cc3nc(-c4[c-]ccc(-c5ccccc5)c4)ccc3o2)c(C)c1.Cc1ccc(-c2cc3nc(-c4[c-]ccc(-c5ccccc5)c4)ccc3o2)cc1.Cc1cccc(C)c1-c1cc2nc(-c3[c-]ccc(-c4ccccc4)c3)ccc2o1.[Ir].[Ir].[Ir]. The van der Waals surface area contributed by atoms with Gasteiger partial charge in [-0.25, -0.2) is 0 Å². The molecule has 3 radical (unpaired) electrons. The van der Waals surface area contributed by atoms with Crippen molar-refractivity contribution in [1.82, 2.24) is 15.0 Å². The number of aliphatic hydroxyl groups excluding tert-OH is 3. The third kappa shape index (κ3) is 24.6. The number of carbonyl (C=O) groups excluding carboxylic acids is 3. The molecular formula is C96H84Ir3N3O9-3. The third-order valence-electron chi connectivity index (χ3n) is 16.9. The predicted octanol–water partition coefficient (Wildman–Crippen LogP) is 24.8. The first kappa shape index (κ1) is 86.9. The molecule has 0 aliphatic heterocycles. The minimum Gasteiger partial charge on any atom is -0.512 e. The Bertz CT molecular complexity index is 5640. The van der Waals surface area contributed by atoms with Crippen LogP contribution in [0.25, 0.3) is 134 Å². The van der Waals surface area contributed by atoms with Gasteiger partial charge in [0.1, 0.15) is 17.3 Å². The van der Waals surface area contributed by atoms with Crippen LogP contribution in [0.1, 0.15) is 74.9 Å². The van der Waals surface area contributed by atoms with Crippen LogP contribution in [0.3, 0.4) is 0 Å². The van der Waals surface area contributed by atoms with Gasteiger partial charge in [-0.1, -0.05) is 175 Å². The van der Waals surface area contributed by atoms with E-state index in [9.17, 15) is 14.4 Å². The van der Waals surface area contributed by atoms with Gasteiger partial charge >= 0.3 is 0 Å². The molecule has 111 heavy (non-hydrogen) atoms. The van der Waals surface area contributed by atoms with E-state index in [0.29, 0.717) is 0 Å². The Hall–Kier alpha value is -11.4. The summed E-state index contributed by atoms with van der Waals surface area (Å²) >= 11 is 0. The number of pyridine rings is 3. The van der Waals surface area contributed by atoms with E-state index in [0.717, 1.165) is 118 Å². The first-order valence-electron chi connectivity index (χ1n) is 35.2. The summed E-state index contributed by atoms with van der Waals surface area (Å²) in [5, 5.41) is 25.1. The molecule has 567 valence electrons. The van der Waals surface area contributed by atoms with E-state index < -0.39 is 0 Å². The smallest absolute Gasteiger partial charge is 0.155 e. The molecule has 0 aliphatic rings. The number of furan rings is 3. The monoisotopic (exact) mass is 2000 g/mol. The molecule has 0 aliphatic carbocycles. The van der Waals surface area contributed by atoms with Crippen LogP contribution < -0.4 is 0 Å². The molecule has 0 atom stereocenters. The van der Waals surface area contributed by atoms with E-state index >= 15 is 0 Å². The van der Waals surface area contributed by atoms with E-state index in [-0.39, 0.29) is 94.9 Å². The maximum atomic E-state index is 10.0. The molecule has 0 spiro atoms. The van der Waals surface area contributed by atoms with E-state index in [1.54, 1.807) is 0 Å². The number of aliphatic hydroxyl groups is 3. The van der Waals surface area contributed by atoms with Crippen molar-refractivity contribution in [3.05, 3.63) is 342 Å². The second-order valence-corrected chi connectivity index (χ2v) is 26.2. The minimum atomic E-state index is -0.125. The van der Waals surface area contributed by atoms with Crippen molar-refractivity contribution in [2.75, 3.05) is 0 Å². The van der Waals surface area contributed by atoms with E-state index in [1.165, 1.54) is 110 Å². The van der Waals surface area contributed by atoms with E-state index in [4.69, 9.17) is 43.5 Å². The number of rotatable bonds is 12. The quantitative estimate of drug-likeness (QED) is 0.0597. The fourth-order valence-electron chi connectivity index (χ4n) is 12.3. The van der Waals surface area contributed by atoms with Crippen LogP contribution >= 0.6 is 0 Å². The molecule has 12 nitrogen and oxygen atoms in total. The molecule has 6 aromatic heterocycles. The third-order valence-corrected chi connectivity index (χ3v) is 16.9. The number of ketones is 3. The number of hydrogen-bond acceptors (Lipinski definition) is 12. The Morgan fingerprint density at radius 1 is 0.306 bits per heavy atom. The molecule has 0 saturated heterocycles. The van der Waals surface area contributed by atoms with Gasteiger partial charge in [-0.2, -0.15) is 0 Å². The summed E-state index contributed by atoms with van der Waals surface area (Å²) in [5.74, 6) is 2.38. The first-order valence-corrected chi connectivity index (χ1v) is 35.2. The molecular weight excluding hydrogens is 1920 g/mol. The van der Waals surface area contributed by atoms with Crippen molar-refractivity contribution in [2.24, 2.45) is 0 Å². The summed E-state index contributed by atoms with van der Waals surface area (Å²) in [6.07, 6.45) is 3.50. The van der Waals surface area contributed by atoms with Crippen LogP contribution in [-0.2, 0) is 74.7 Å². The first-order chi connectivity index (χ1) is 51.9. The molecule has 6 heterocycles. The summed E-state index contributed by atoms with van der Waals surface area (Å²) in [6, 6.07) is 96.6. The zero-order chi connectivity index (χ0) is 77.0. The van der Waals surface area contributed by atoms with Crippen molar-refractivity contribution in [3.8, 4) is 101 Å². The molecule has 3 N–H and O–H groups in total. The predicted molar refractivity (Wildman–Crippen MR) is 437 cm³/mol. The number of benzene rings is 9. The zero-order valence-corrected chi connectivity index (χ0v) is 70.8. The van der Waals surface area contributed by atoms with Crippen molar-refractivity contribution in [1.29, 1.82) is 0 Å². The molecule has 0 amide bonds. The Morgan fingerprint density at radius 3 is 0.919 bits per heavy atom. The fraction of sp³-hybridized carbons (Fsp3) is 0.125. The maximum Gasteiger partial charge on any atom is 0.155 e. The van der Waals surface area contributed by atoms with Gasteiger partial charge in [0.25, 0.3) is 0 Å². The van der Waals surface area contributed by atoms with Crippen molar-refractivity contribution in [3.63, 3.8) is 0 Å². The molecule has 15 rings (SSSR count). The molecule has 0 saturated carbocycles. The van der Waals surface area contributed by atoms with Gasteiger partial charge in [0.05, 0.1) is 33.8 Å². The molecule has 0 bridgehead atoms. The topological polar surface area (TPSA) is 190 Å². The number of aromatic nitrogens is 3. The second kappa shape index (κ2) is 41.4. The number of carbonyl (C=O) groups is 3. The van der Waals surface area contributed by atoms with Gasteiger partial charge in [0, 0.05) is 113 Å². The number of allylic oxidation sites excluding steroid dienone is 6. The number of hydrogen-bond donors (Lipinski definition) is 3. The average Bonchev–Trinajstić information content (AvgIpc) is 1.67. The molecule has 15 aromatic rings. The van der Waals surface area contributed by atoms with Gasteiger partial charge in [-0.3, -0.25) is 29.3 Å².